The van der Waals surface area contributed by atoms with Gasteiger partial charge in [-0.05, 0) is 18.1 Å². The lowest BCUT2D eigenvalue weighted by molar-refractivity contribution is -0.161. The van der Waals surface area contributed by atoms with Crippen LogP contribution in [0.5, 0.6) is 0 Å². The summed E-state index contributed by atoms with van der Waals surface area (Å²) in [6.07, 6.45) is -0.463. The molecule has 1 aliphatic heterocycles. The van der Waals surface area contributed by atoms with Crippen LogP contribution in [0.4, 0.5) is 13.2 Å². The van der Waals surface area contributed by atoms with E-state index < -0.39 is 41.3 Å². The molecular weight excluding hydrogens is 429 g/mol. The zero-order valence-electron chi connectivity index (χ0n) is 16.3. The van der Waals surface area contributed by atoms with E-state index in [1.54, 1.807) is 4.90 Å². The smallest absolute Gasteiger partial charge is 0.317 e. The summed E-state index contributed by atoms with van der Waals surface area (Å²) >= 11 is 0. The van der Waals surface area contributed by atoms with E-state index in [-0.39, 0.29) is 63.5 Å². The van der Waals surface area contributed by atoms with E-state index in [1.165, 1.54) is 16.9 Å². The molecule has 2 amide bonds. The molecular formula is C18H24ClF3N4O4. The molecule has 2 rings (SSSR count). The molecule has 0 aliphatic carbocycles. The molecule has 12 heteroatoms. The molecule has 0 bridgehead atoms. The van der Waals surface area contributed by atoms with Crippen LogP contribution in [0, 0.1) is 17.5 Å². The standard InChI is InChI=1S/C18H23F3N4O4.ClH/c1-11(26)24-4-2-23(10-18(28)29)3-5-25(24)17(27)8-13(22)6-12-7-15(20)16(21)9-14(12)19;/h7,9,13H,2-6,8,10,22H2,1H3,(H,28,29);1H/t13-;/m1./s1. The van der Waals surface area contributed by atoms with Crippen molar-refractivity contribution >= 4 is 30.2 Å². The summed E-state index contributed by atoms with van der Waals surface area (Å²) in [4.78, 5) is 37.1. The van der Waals surface area contributed by atoms with Crippen LogP contribution < -0.4 is 5.73 Å². The van der Waals surface area contributed by atoms with Crippen molar-refractivity contribution in [2.24, 2.45) is 5.73 Å². The number of halogens is 4. The van der Waals surface area contributed by atoms with Crippen LogP contribution in [0.2, 0.25) is 0 Å². The molecule has 1 aliphatic rings. The summed E-state index contributed by atoms with van der Waals surface area (Å²) in [7, 11) is 0. The third kappa shape index (κ3) is 6.85. The minimum atomic E-state index is -1.32. The van der Waals surface area contributed by atoms with E-state index in [9.17, 15) is 27.6 Å². The summed E-state index contributed by atoms with van der Waals surface area (Å²) in [6.45, 7) is 1.79. The number of hydrogen-bond acceptors (Lipinski definition) is 5. The van der Waals surface area contributed by atoms with Crippen LogP contribution in [-0.2, 0) is 20.8 Å². The van der Waals surface area contributed by atoms with Gasteiger partial charge in [0, 0.05) is 38.5 Å². The Hall–Kier alpha value is -2.37. The number of carboxylic acids is 1. The third-order valence-corrected chi connectivity index (χ3v) is 4.57. The zero-order valence-corrected chi connectivity index (χ0v) is 17.1. The molecule has 1 aromatic rings. The van der Waals surface area contributed by atoms with Crippen LogP contribution in [0.3, 0.4) is 0 Å². The first-order valence-electron chi connectivity index (χ1n) is 9.00. The van der Waals surface area contributed by atoms with Crippen molar-refractivity contribution in [3.63, 3.8) is 0 Å². The Balaban J connectivity index is 0.00000450. The van der Waals surface area contributed by atoms with E-state index in [2.05, 4.69) is 0 Å². The molecule has 1 heterocycles. The fourth-order valence-electron chi connectivity index (χ4n) is 3.17. The van der Waals surface area contributed by atoms with Gasteiger partial charge in [0.25, 0.3) is 0 Å². The molecule has 0 saturated carbocycles. The second-order valence-corrected chi connectivity index (χ2v) is 6.85. The normalized spacial score (nSPS) is 15.9. The van der Waals surface area contributed by atoms with Gasteiger partial charge in [-0.25, -0.2) is 13.2 Å². The second-order valence-electron chi connectivity index (χ2n) is 6.85. The molecule has 3 N–H and O–H groups in total. The van der Waals surface area contributed by atoms with Crippen molar-refractivity contribution < 1.29 is 32.7 Å². The van der Waals surface area contributed by atoms with E-state index in [4.69, 9.17) is 10.8 Å². The van der Waals surface area contributed by atoms with Crippen LogP contribution in [0.25, 0.3) is 0 Å². The van der Waals surface area contributed by atoms with Crippen molar-refractivity contribution in [2.75, 3.05) is 32.7 Å². The lowest BCUT2D eigenvalue weighted by Crippen LogP contribution is -2.50. The summed E-state index contributed by atoms with van der Waals surface area (Å²) in [5.74, 6) is -5.41. The van der Waals surface area contributed by atoms with Gasteiger partial charge < -0.3 is 10.8 Å². The minimum Gasteiger partial charge on any atom is -0.480 e. The molecule has 1 aromatic carbocycles. The average Bonchev–Trinajstić information content (AvgIpc) is 2.81. The monoisotopic (exact) mass is 452 g/mol. The number of rotatable bonds is 6. The third-order valence-electron chi connectivity index (χ3n) is 4.57. The summed E-state index contributed by atoms with van der Waals surface area (Å²) in [5.41, 5.74) is 5.75. The zero-order chi connectivity index (χ0) is 21.7. The summed E-state index contributed by atoms with van der Waals surface area (Å²) in [5, 5.41) is 11.3. The molecule has 1 fully saturated rings. The fraction of sp³-hybridized carbons (Fsp3) is 0.500. The molecule has 0 aromatic heterocycles. The maximum absolute atomic E-state index is 13.8. The van der Waals surface area contributed by atoms with Gasteiger partial charge in [0.1, 0.15) is 5.82 Å². The summed E-state index contributed by atoms with van der Waals surface area (Å²) in [6, 6.07) is 0.226. The van der Waals surface area contributed by atoms with Gasteiger partial charge in [0.2, 0.25) is 11.8 Å². The number of benzene rings is 1. The minimum absolute atomic E-state index is 0. The second kappa shape index (κ2) is 11.1. The van der Waals surface area contributed by atoms with Crippen LogP contribution in [0.15, 0.2) is 12.1 Å². The maximum Gasteiger partial charge on any atom is 0.317 e. The van der Waals surface area contributed by atoms with Crippen molar-refractivity contribution in [1.29, 1.82) is 0 Å². The Morgan fingerprint density at radius 2 is 1.60 bits per heavy atom. The number of carbonyl (C=O) groups excluding carboxylic acids is 2. The molecule has 0 radical (unpaired) electrons. The number of aliphatic carboxylic acids is 1. The van der Waals surface area contributed by atoms with E-state index in [0.29, 0.717) is 12.1 Å². The fourth-order valence-corrected chi connectivity index (χ4v) is 3.17. The Kier molecular flexibility index (Phi) is 9.53. The number of carbonyl (C=O) groups is 3. The number of hydrogen-bond donors (Lipinski definition) is 2. The van der Waals surface area contributed by atoms with Gasteiger partial charge in [-0.1, -0.05) is 0 Å². The Morgan fingerprint density at radius 1 is 1.03 bits per heavy atom. The van der Waals surface area contributed by atoms with Crippen molar-refractivity contribution in [2.45, 2.75) is 25.8 Å². The number of nitrogens with zero attached hydrogens (tertiary/aromatic N) is 3. The predicted molar refractivity (Wildman–Crippen MR) is 103 cm³/mol. The highest BCUT2D eigenvalue weighted by Crippen LogP contribution is 2.17. The molecule has 30 heavy (non-hydrogen) atoms. The van der Waals surface area contributed by atoms with Crippen molar-refractivity contribution in [3.05, 3.63) is 35.1 Å². The Labute approximate surface area is 177 Å². The highest BCUT2D eigenvalue weighted by molar-refractivity contribution is 5.85. The SMILES string of the molecule is CC(=O)N1CCN(CC(=O)O)CCN1C(=O)C[C@H](N)Cc1cc(F)c(F)cc1F.Cl. The van der Waals surface area contributed by atoms with Gasteiger partial charge in [-0.3, -0.25) is 29.3 Å². The lowest BCUT2D eigenvalue weighted by Gasteiger charge is -2.32. The molecule has 0 unspecified atom stereocenters. The van der Waals surface area contributed by atoms with Crippen LogP contribution >= 0.6 is 12.4 Å². The largest absolute Gasteiger partial charge is 0.480 e. The topological polar surface area (TPSA) is 107 Å². The number of nitrogens with two attached hydrogens (primary N) is 1. The van der Waals surface area contributed by atoms with Gasteiger partial charge >= 0.3 is 5.97 Å². The van der Waals surface area contributed by atoms with Crippen molar-refractivity contribution in [1.82, 2.24) is 14.9 Å². The quantitative estimate of drug-likeness (QED) is 0.618. The van der Waals surface area contributed by atoms with E-state index in [0.717, 1.165) is 0 Å². The highest BCUT2D eigenvalue weighted by Gasteiger charge is 2.29. The van der Waals surface area contributed by atoms with Gasteiger partial charge in [-0.15, -0.1) is 12.4 Å². The van der Waals surface area contributed by atoms with Crippen LogP contribution in [0.1, 0.15) is 18.9 Å². The number of carboxylic acid groups (broad SMARTS) is 1. The van der Waals surface area contributed by atoms with E-state index >= 15 is 0 Å². The maximum atomic E-state index is 13.8. The first-order chi connectivity index (χ1) is 13.6. The summed E-state index contributed by atoms with van der Waals surface area (Å²) < 4.78 is 40.1. The highest BCUT2D eigenvalue weighted by atomic mass is 35.5. The molecule has 8 nitrogen and oxygen atoms in total. The van der Waals surface area contributed by atoms with Gasteiger partial charge in [-0.2, -0.15) is 0 Å². The Morgan fingerprint density at radius 3 is 2.17 bits per heavy atom. The first kappa shape index (κ1) is 25.7. The number of hydrazine groups is 1. The van der Waals surface area contributed by atoms with E-state index in [1.807, 2.05) is 0 Å². The average molecular weight is 453 g/mol. The van der Waals surface area contributed by atoms with Gasteiger partial charge in [0.05, 0.1) is 19.6 Å². The lowest BCUT2D eigenvalue weighted by atomic mass is 10.0. The molecule has 1 saturated heterocycles. The van der Waals surface area contributed by atoms with Crippen molar-refractivity contribution in [3.8, 4) is 0 Å². The predicted octanol–water partition coefficient (Wildman–Crippen LogP) is 0.778. The van der Waals surface area contributed by atoms with Crippen LogP contribution in [-0.4, -0.2) is 76.6 Å². The van der Waals surface area contributed by atoms with Gasteiger partial charge in [0.15, 0.2) is 11.6 Å². The molecule has 0 spiro atoms. The number of amides is 2. The Bertz CT molecular complexity index is 799. The first-order valence-corrected chi connectivity index (χ1v) is 9.00. The molecule has 168 valence electrons. The molecule has 1 atom stereocenters.